The molecule has 0 fully saturated rings. The zero-order valence-electron chi connectivity index (χ0n) is 10.1. The minimum atomic E-state index is -0.603. The number of aliphatic hydroxyl groups is 1. The number of fused-ring (bicyclic) bond motifs is 1. The normalized spacial score (nSPS) is 17.3. The van der Waals surface area contributed by atoms with E-state index in [2.05, 4.69) is 5.32 Å². The van der Waals surface area contributed by atoms with Crippen molar-refractivity contribution in [1.29, 1.82) is 0 Å². The van der Waals surface area contributed by atoms with Gasteiger partial charge in [-0.25, -0.2) is 0 Å². The molecule has 1 aromatic carbocycles. The van der Waals surface area contributed by atoms with Crippen molar-refractivity contribution in [2.45, 2.75) is 18.9 Å². The largest absolute Gasteiger partial charge is 0.485 e. The summed E-state index contributed by atoms with van der Waals surface area (Å²) >= 11 is 0. The van der Waals surface area contributed by atoms with Gasteiger partial charge in [0.1, 0.15) is 6.61 Å². The summed E-state index contributed by atoms with van der Waals surface area (Å²) in [7, 11) is 0. The van der Waals surface area contributed by atoms with Crippen molar-refractivity contribution in [3.05, 3.63) is 24.3 Å². The first kappa shape index (κ1) is 12.7. The van der Waals surface area contributed by atoms with E-state index in [-0.39, 0.29) is 19.1 Å². The second-order valence-corrected chi connectivity index (χ2v) is 4.09. The molecule has 0 radical (unpaired) electrons. The summed E-state index contributed by atoms with van der Waals surface area (Å²) in [5.74, 6) is 1.09. The van der Waals surface area contributed by atoms with Gasteiger partial charge < -0.3 is 19.9 Å². The minimum Gasteiger partial charge on any atom is -0.485 e. The van der Waals surface area contributed by atoms with Gasteiger partial charge in [0.15, 0.2) is 11.5 Å². The molecular weight excluding hydrogens is 234 g/mol. The van der Waals surface area contributed by atoms with E-state index in [0.717, 1.165) is 6.42 Å². The summed E-state index contributed by atoms with van der Waals surface area (Å²) in [5, 5.41) is 11.4. The molecule has 0 bridgehead atoms. The summed E-state index contributed by atoms with van der Waals surface area (Å²) < 4.78 is 11.0. The van der Waals surface area contributed by atoms with Gasteiger partial charge in [-0.1, -0.05) is 12.1 Å². The molecule has 1 amide bonds. The second kappa shape index (κ2) is 6.26. The van der Waals surface area contributed by atoms with Gasteiger partial charge in [-0.2, -0.15) is 0 Å². The van der Waals surface area contributed by atoms with E-state index in [1.807, 2.05) is 18.2 Å². The quantitative estimate of drug-likeness (QED) is 0.756. The van der Waals surface area contributed by atoms with Crippen molar-refractivity contribution in [3.63, 3.8) is 0 Å². The summed E-state index contributed by atoms with van der Waals surface area (Å²) in [6.07, 6.45) is 0.839. The van der Waals surface area contributed by atoms with Crippen molar-refractivity contribution >= 4 is 5.91 Å². The second-order valence-electron chi connectivity index (χ2n) is 4.09. The molecule has 1 unspecified atom stereocenters. The van der Waals surface area contributed by atoms with Crippen LogP contribution in [0.1, 0.15) is 12.8 Å². The van der Waals surface area contributed by atoms with Crippen LogP contribution in [0.4, 0.5) is 0 Å². The van der Waals surface area contributed by atoms with Crippen LogP contribution < -0.4 is 14.8 Å². The number of carbonyl (C=O) groups is 1. The van der Waals surface area contributed by atoms with Crippen LogP contribution in [0.3, 0.4) is 0 Å². The average molecular weight is 251 g/mol. The molecule has 1 heterocycles. The van der Waals surface area contributed by atoms with Gasteiger partial charge in [0, 0.05) is 13.2 Å². The number of hydrogen-bond acceptors (Lipinski definition) is 4. The summed E-state index contributed by atoms with van der Waals surface area (Å²) in [6, 6.07) is 7.28. The van der Waals surface area contributed by atoms with Crippen LogP contribution in [0.5, 0.6) is 11.5 Å². The number of nitrogens with one attached hydrogen (secondary N) is 1. The molecule has 1 aliphatic heterocycles. The molecule has 0 spiro atoms. The van der Waals surface area contributed by atoms with E-state index in [1.165, 1.54) is 0 Å². The summed E-state index contributed by atoms with van der Waals surface area (Å²) in [6.45, 7) is 0.913. The van der Waals surface area contributed by atoms with Crippen molar-refractivity contribution in [2.24, 2.45) is 0 Å². The fourth-order valence-corrected chi connectivity index (χ4v) is 1.71. The Labute approximate surface area is 106 Å². The molecule has 0 aliphatic carbocycles. The van der Waals surface area contributed by atoms with Crippen molar-refractivity contribution in [1.82, 2.24) is 5.32 Å². The first-order valence-corrected chi connectivity index (χ1v) is 6.08. The van der Waals surface area contributed by atoms with Crippen LogP contribution in [-0.2, 0) is 4.79 Å². The van der Waals surface area contributed by atoms with E-state index in [1.54, 1.807) is 6.07 Å². The van der Waals surface area contributed by atoms with Gasteiger partial charge >= 0.3 is 0 Å². The third kappa shape index (κ3) is 3.13. The van der Waals surface area contributed by atoms with Gasteiger partial charge in [-0.05, 0) is 25.0 Å². The topological polar surface area (TPSA) is 67.8 Å². The number of ether oxygens (including phenoxy) is 2. The van der Waals surface area contributed by atoms with Crippen molar-refractivity contribution in [3.8, 4) is 11.5 Å². The lowest BCUT2D eigenvalue weighted by Crippen LogP contribution is -2.44. The molecule has 0 aromatic heterocycles. The van der Waals surface area contributed by atoms with E-state index >= 15 is 0 Å². The summed E-state index contributed by atoms with van der Waals surface area (Å²) in [4.78, 5) is 11.8. The number of benzene rings is 1. The number of carbonyl (C=O) groups excluding carboxylic acids is 1. The SMILES string of the molecule is O=C(NCCCCO)C1COc2ccccc2O1. The van der Waals surface area contributed by atoms with Crippen LogP contribution in [0.25, 0.3) is 0 Å². The third-order valence-corrected chi connectivity index (χ3v) is 2.69. The van der Waals surface area contributed by atoms with Gasteiger partial charge in [0.2, 0.25) is 6.10 Å². The lowest BCUT2D eigenvalue weighted by molar-refractivity contribution is -0.130. The highest BCUT2D eigenvalue weighted by molar-refractivity contribution is 5.81. The van der Waals surface area contributed by atoms with Crippen LogP contribution in [-0.4, -0.2) is 36.9 Å². The first-order chi connectivity index (χ1) is 8.81. The Morgan fingerprint density at radius 1 is 1.33 bits per heavy atom. The van der Waals surface area contributed by atoms with Gasteiger partial charge in [0.05, 0.1) is 0 Å². The third-order valence-electron chi connectivity index (χ3n) is 2.69. The monoisotopic (exact) mass is 251 g/mol. The van der Waals surface area contributed by atoms with Crippen molar-refractivity contribution < 1.29 is 19.4 Å². The molecule has 98 valence electrons. The van der Waals surface area contributed by atoms with E-state index < -0.39 is 6.10 Å². The molecule has 0 saturated carbocycles. The Morgan fingerprint density at radius 2 is 2.11 bits per heavy atom. The Morgan fingerprint density at radius 3 is 2.89 bits per heavy atom. The van der Waals surface area contributed by atoms with Crippen LogP contribution in [0.2, 0.25) is 0 Å². The maximum atomic E-state index is 11.8. The zero-order chi connectivity index (χ0) is 12.8. The number of hydrogen-bond donors (Lipinski definition) is 2. The van der Waals surface area contributed by atoms with Gasteiger partial charge in [-0.15, -0.1) is 0 Å². The molecule has 1 aromatic rings. The zero-order valence-corrected chi connectivity index (χ0v) is 10.1. The number of para-hydroxylation sites is 2. The highest BCUT2D eigenvalue weighted by atomic mass is 16.6. The minimum absolute atomic E-state index is 0.145. The maximum absolute atomic E-state index is 11.8. The lowest BCUT2D eigenvalue weighted by atomic mass is 10.2. The van der Waals surface area contributed by atoms with Crippen molar-refractivity contribution in [2.75, 3.05) is 19.8 Å². The molecular formula is C13H17NO4. The fourth-order valence-electron chi connectivity index (χ4n) is 1.71. The van der Waals surface area contributed by atoms with Crippen LogP contribution in [0, 0.1) is 0 Å². The number of unbranched alkanes of at least 4 members (excludes halogenated alkanes) is 1. The van der Waals surface area contributed by atoms with Crippen LogP contribution >= 0.6 is 0 Å². The number of amides is 1. The summed E-state index contributed by atoms with van der Waals surface area (Å²) in [5.41, 5.74) is 0. The Bertz CT molecular complexity index is 408. The molecule has 0 saturated heterocycles. The fraction of sp³-hybridized carbons (Fsp3) is 0.462. The standard InChI is InChI=1S/C13H17NO4/c15-8-4-3-7-14-13(16)12-9-17-10-5-1-2-6-11(10)18-12/h1-2,5-6,12,15H,3-4,7-9H2,(H,14,16). The molecule has 2 rings (SSSR count). The predicted molar refractivity (Wildman–Crippen MR) is 65.7 cm³/mol. The molecule has 18 heavy (non-hydrogen) atoms. The number of rotatable bonds is 5. The Kier molecular flexibility index (Phi) is 4.41. The average Bonchev–Trinajstić information content (AvgIpc) is 2.43. The highest BCUT2D eigenvalue weighted by Gasteiger charge is 2.26. The van der Waals surface area contributed by atoms with E-state index in [4.69, 9.17) is 14.6 Å². The smallest absolute Gasteiger partial charge is 0.264 e. The molecule has 5 nitrogen and oxygen atoms in total. The van der Waals surface area contributed by atoms with Gasteiger partial charge in [0.25, 0.3) is 5.91 Å². The predicted octanol–water partition coefficient (Wildman–Crippen LogP) is 0.715. The van der Waals surface area contributed by atoms with Crippen LogP contribution in [0.15, 0.2) is 24.3 Å². The first-order valence-electron chi connectivity index (χ1n) is 6.08. The van der Waals surface area contributed by atoms with E-state index in [9.17, 15) is 4.79 Å². The lowest BCUT2D eigenvalue weighted by Gasteiger charge is -2.25. The number of aliphatic hydroxyl groups excluding tert-OH is 1. The molecule has 1 aliphatic rings. The molecule has 1 atom stereocenters. The molecule has 2 N–H and O–H groups in total. The molecule has 5 heteroatoms. The van der Waals surface area contributed by atoms with Gasteiger partial charge in [-0.3, -0.25) is 4.79 Å². The van der Waals surface area contributed by atoms with E-state index in [0.29, 0.717) is 24.5 Å². The highest BCUT2D eigenvalue weighted by Crippen LogP contribution is 2.30. The Hall–Kier alpha value is -1.75. The maximum Gasteiger partial charge on any atom is 0.264 e. The Balaban J connectivity index is 1.83.